The van der Waals surface area contributed by atoms with Crippen LogP contribution in [0, 0.1) is 5.92 Å². The van der Waals surface area contributed by atoms with Crippen LogP contribution in [0.25, 0.3) is 0 Å². The zero-order chi connectivity index (χ0) is 22.3. The summed E-state index contributed by atoms with van der Waals surface area (Å²) in [4.78, 5) is 24.5. The number of rotatable bonds is 8. The number of amides is 1. The summed E-state index contributed by atoms with van der Waals surface area (Å²) in [6, 6.07) is 15.5. The van der Waals surface area contributed by atoms with Crippen molar-refractivity contribution in [1.29, 1.82) is 0 Å². The molecule has 3 rings (SSSR count). The van der Waals surface area contributed by atoms with Crippen molar-refractivity contribution in [3.05, 3.63) is 60.2 Å². The van der Waals surface area contributed by atoms with E-state index in [4.69, 9.17) is 9.47 Å². The average molecular weight is 447 g/mol. The summed E-state index contributed by atoms with van der Waals surface area (Å²) in [7, 11) is -2.00. The number of nitrogens with one attached hydrogen (secondary N) is 1. The van der Waals surface area contributed by atoms with Crippen molar-refractivity contribution >= 4 is 21.9 Å². The number of ether oxygens (including phenoxy) is 2. The minimum atomic E-state index is -3.57. The van der Waals surface area contributed by atoms with E-state index in [1.165, 1.54) is 4.31 Å². The van der Waals surface area contributed by atoms with Crippen LogP contribution in [0.5, 0.6) is 5.75 Å². The molecule has 1 saturated heterocycles. The third-order valence-corrected chi connectivity index (χ3v) is 7.05. The van der Waals surface area contributed by atoms with Gasteiger partial charge in [0.25, 0.3) is 5.91 Å². The van der Waals surface area contributed by atoms with Crippen molar-refractivity contribution < 1.29 is 27.5 Å². The van der Waals surface area contributed by atoms with Crippen molar-refractivity contribution in [2.45, 2.75) is 24.3 Å². The van der Waals surface area contributed by atoms with E-state index in [0.717, 1.165) is 5.56 Å². The number of esters is 1. The molecule has 9 heteroatoms. The molecule has 1 fully saturated rings. The number of carbonyl (C=O) groups excluding carboxylic acids is 2. The van der Waals surface area contributed by atoms with E-state index in [2.05, 4.69) is 5.32 Å². The van der Waals surface area contributed by atoms with Crippen LogP contribution >= 0.6 is 0 Å². The van der Waals surface area contributed by atoms with Gasteiger partial charge in [-0.2, -0.15) is 4.31 Å². The lowest BCUT2D eigenvalue weighted by atomic mass is 9.98. The third-order valence-electron chi connectivity index (χ3n) is 5.14. The first-order valence-electron chi connectivity index (χ1n) is 10.0. The van der Waals surface area contributed by atoms with Gasteiger partial charge in [-0.15, -0.1) is 0 Å². The van der Waals surface area contributed by atoms with Crippen LogP contribution in [0.3, 0.4) is 0 Å². The highest BCUT2D eigenvalue weighted by molar-refractivity contribution is 7.89. The summed E-state index contributed by atoms with van der Waals surface area (Å²) in [6.07, 6.45) is 0.715. The van der Waals surface area contributed by atoms with Gasteiger partial charge in [-0.3, -0.25) is 9.59 Å². The molecule has 31 heavy (non-hydrogen) atoms. The molecule has 0 atom stereocenters. The highest BCUT2D eigenvalue weighted by Gasteiger charge is 2.32. The van der Waals surface area contributed by atoms with Gasteiger partial charge in [-0.1, -0.05) is 30.3 Å². The van der Waals surface area contributed by atoms with Gasteiger partial charge < -0.3 is 14.8 Å². The van der Waals surface area contributed by atoms with Gasteiger partial charge in [0, 0.05) is 19.6 Å². The maximum atomic E-state index is 12.7. The molecule has 0 aliphatic carbocycles. The van der Waals surface area contributed by atoms with E-state index >= 15 is 0 Å². The van der Waals surface area contributed by atoms with E-state index in [0.29, 0.717) is 25.1 Å². The molecule has 1 amide bonds. The van der Waals surface area contributed by atoms with Crippen molar-refractivity contribution in [3.63, 3.8) is 0 Å². The number of benzene rings is 2. The predicted octanol–water partition coefficient (Wildman–Crippen LogP) is 1.96. The molecule has 1 aliphatic rings. The summed E-state index contributed by atoms with van der Waals surface area (Å²) in [5.41, 5.74) is 0.867. The number of hydrogen-bond acceptors (Lipinski definition) is 6. The molecule has 0 radical (unpaired) electrons. The second kappa shape index (κ2) is 10.4. The summed E-state index contributed by atoms with van der Waals surface area (Å²) >= 11 is 0. The fourth-order valence-electron chi connectivity index (χ4n) is 3.36. The molecule has 0 spiro atoms. The quantitative estimate of drug-likeness (QED) is 0.622. The van der Waals surface area contributed by atoms with E-state index in [-0.39, 0.29) is 24.6 Å². The predicted molar refractivity (Wildman–Crippen MR) is 114 cm³/mol. The second-order valence-corrected chi connectivity index (χ2v) is 9.17. The van der Waals surface area contributed by atoms with E-state index in [1.54, 1.807) is 37.4 Å². The van der Waals surface area contributed by atoms with Gasteiger partial charge in [0.2, 0.25) is 10.0 Å². The van der Waals surface area contributed by atoms with Gasteiger partial charge in [0.1, 0.15) is 5.75 Å². The first kappa shape index (κ1) is 22.8. The molecular formula is C22H26N2O6S. The molecule has 8 nitrogen and oxygen atoms in total. The molecule has 0 unspecified atom stereocenters. The third kappa shape index (κ3) is 6.05. The Labute approximate surface area is 182 Å². The first-order valence-corrected chi connectivity index (χ1v) is 11.5. The minimum absolute atomic E-state index is 0.235. The van der Waals surface area contributed by atoms with Crippen LogP contribution in [0.4, 0.5) is 0 Å². The Bertz CT molecular complexity index is 1000. The Morgan fingerprint density at radius 3 is 2.45 bits per heavy atom. The molecular weight excluding hydrogens is 420 g/mol. The van der Waals surface area contributed by atoms with Gasteiger partial charge in [-0.25, -0.2) is 8.42 Å². The maximum absolute atomic E-state index is 12.7. The normalized spacial score (nSPS) is 15.3. The van der Waals surface area contributed by atoms with Gasteiger partial charge >= 0.3 is 5.97 Å². The Kier molecular flexibility index (Phi) is 7.64. The Morgan fingerprint density at radius 1 is 1.06 bits per heavy atom. The van der Waals surface area contributed by atoms with Crippen molar-refractivity contribution in [2.24, 2.45) is 5.92 Å². The molecule has 2 aromatic rings. The molecule has 1 heterocycles. The van der Waals surface area contributed by atoms with Crippen LogP contribution in [-0.4, -0.2) is 51.4 Å². The lowest BCUT2D eigenvalue weighted by molar-refractivity contribution is -0.153. The van der Waals surface area contributed by atoms with Gasteiger partial charge in [0.05, 0.1) is 17.9 Å². The summed E-state index contributed by atoms with van der Waals surface area (Å²) in [6.45, 7) is 0.396. The standard InChI is InChI=1S/C22H26N2O6S/c1-29-19-7-5-6-17(14-19)15-23-21(25)16-30-22(26)18-10-12-24(13-11-18)31(27,28)20-8-3-2-4-9-20/h2-9,14,18H,10-13,15-16H2,1H3,(H,23,25). The highest BCUT2D eigenvalue weighted by atomic mass is 32.2. The van der Waals surface area contributed by atoms with Crippen LogP contribution in [-0.2, 0) is 30.9 Å². The number of nitrogens with zero attached hydrogens (tertiary/aromatic N) is 1. The van der Waals surface area contributed by atoms with Gasteiger partial charge in [-0.05, 0) is 42.7 Å². The monoisotopic (exact) mass is 446 g/mol. The molecule has 1 N–H and O–H groups in total. The molecule has 0 bridgehead atoms. The van der Waals surface area contributed by atoms with E-state index < -0.39 is 27.8 Å². The SMILES string of the molecule is COc1cccc(CNC(=O)COC(=O)C2CCN(S(=O)(=O)c3ccccc3)CC2)c1. The average Bonchev–Trinajstić information content (AvgIpc) is 2.82. The van der Waals surface area contributed by atoms with Gasteiger partial charge in [0.15, 0.2) is 6.61 Å². The Morgan fingerprint density at radius 2 is 1.77 bits per heavy atom. The summed E-state index contributed by atoms with van der Waals surface area (Å²) in [5.74, 6) is -0.610. The minimum Gasteiger partial charge on any atom is -0.497 e. The van der Waals surface area contributed by atoms with Crippen LogP contribution in [0.1, 0.15) is 18.4 Å². The largest absolute Gasteiger partial charge is 0.497 e. The number of methoxy groups -OCH3 is 1. The molecule has 2 aromatic carbocycles. The smallest absolute Gasteiger partial charge is 0.309 e. The van der Waals surface area contributed by atoms with Crippen LogP contribution in [0.2, 0.25) is 0 Å². The number of piperidine rings is 1. The summed E-state index contributed by atoms with van der Waals surface area (Å²) in [5, 5.41) is 2.69. The van der Waals surface area contributed by atoms with Crippen LogP contribution < -0.4 is 10.1 Å². The molecule has 1 aliphatic heterocycles. The lowest BCUT2D eigenvalue weighted by Crippen LogP contribution is -2.41. The number of hydrogen-bond donors (Lipinski definition) is 1. The molecule has 0 aromatic heterocycles. The lowest BCUT2D eigenvalue weighted by Gasteiger charge is -2.30. The van der Waals surface area contributed by atoms with Crippen molar-refractivity contribution in [1.82, 2.24) is 9.62 Å². The maximum Gasteiger partial charge on any atom is 0.309 e. The topological polar surface area (TPSA) is 102 Å². The summed E-state index contributed by atoms with van der Waals surface area (Å²) < 4.78 is 37.0. The zero-order valence-electron chi connectivity index (χ0n) is 17.3. The van der Waals surface area contributed by atoms with Crippen LogP contribution in [0.15, 0.2) is 59.5 Å². The van der Waals surface area contributed by atoms with E-state index in [1.807, 2.05) is 24.3 Å². The zero-order valence-corrected chi connectivity index (χ0v) is 18.1. The Hall–Kier alpha value is -2.91. The molecule has 166 valence electrons. The number of sulfonamides is 1. The highest BCUT2D eigenvalue weighted by Crippen LogP contribution is 2.24. The van der Waals surface area contributed by atoms with Crippen molar-refractivity contribution in [3.8, 4) is 5.75 Å². The molecule has 0 saturated carbocycles. The second-order valence-electron chi connectivity index (χ2n) is 7.23. The number of carbonyl (C=O) groups is 2. The van der Waals surface area contributed by atoms with Crippen molar-refractivity contribution in [2.75, 3.05) is 26.8 Å². The fraction of sp³-hybridized carbons (Fsp3) is 0.364. The first-order chi connectivity index (χ1) is 14.9. The Balaban J connectivity index is 1.42. The van der Waals surface area contributed by atoms with E-state index in [9.17, 15) is 18.0 Å². The fourth-order valence-corrected chi connectivity index (χ4v) is 4.85.